The number of amides is 11. The average Bonchev–Trinajstić information content (AvgIpc) is 0.847. The molecule has 0 saturated heterocycles. The number of phenols is 1. The van der Waals surface area contributed by atoms with Crippen molar-refractivity contribution in [3.8, 4) is 5.75 Å². The van der Waals surface area contributed by atoms with Gasteiger partial charge in [-0.2, -0.15) is 0 Å². The van der Waals surface area contributed by atoms with Gasteiger partial charge in [0.2, 0.25) is 65.0 Å². The van der Waals surface area contributed by atoms with Crippen LogP contribution in [0.4, 0.5) is 0 Å². The van der Waals surface area contributed by atoms with E-state index in [1.165, 1.54) is 24.3 Å². The average molecular weight is 1670 g/mol. The number of carbonyl (C=O) groups excluding carboxylic acids is 11. The van der Waals surface area contributed by atoms with Crippen molar-refractivity contribution in [2.24, 2.45) is 58.3 Å². The number of rotatable bonds is 55. The summed E-state index contributed by atoms with van der Waals surface area (Å²) in [5.41, 5.74) is 30.0. The number of carboxylic acid groups (broad SMARTS) is 1. The molecule has 3 aromatic carbocycles. The molecule has 0 aliphatic heterocycles. The number of nitrogens with one attached hydrogen (secondary N) is 19. The largest absolute Gasteiger partial charge is 0.508 e. The second-order valence-corrected chi connectivity index (χ2v) is 31.6. The molecule has 0 fully saturated rings. The Labute approximate surface area is 697 Å². The maximum atomic E-state index is 15.0. The van der Waals surface area contributed by atoms with E-state index in [1.807, 2.05) is 0 Å². The Morgan fingerprint density at radius 1 is 0.328 bits per heavy atom. The molecule has 0 unspecified atom stereocenters. The molecule has 0 saturated carbocycles. The number of guanidine groups is 4. The zero-order valence-electron chi connectivity index (χ0n) is 70.2. The van der Waals surface area contributed by atoms with Gasteiger partial charge in [0.05, 0.1) is 6.04 Å². The van der Waals surface area contributed by atoms with E-state index in [4.69, 9.17) is 50.3 Å². The molecule has 31 N–H and O–H groups in total. The third-order valence-electron chi connectivity index (χ3n) is 19.2. The van der Waals surface area contributed by atoms with Crippen molar-refractivity contribution < 1.29 is 67.7 Å². The zero-order chi connectivity index (χ0) is 89.0. The molecule has 119 heavy (non-hydrogen) atoms. The summed E-state index contributed by atoms with van der Waals surface area (Å²) in [5, 5.41) is 91.8. The number of phenolic OH excluding ortho intramolecular Hbond substituents is 1. The van der Waals surface area contributed by atoms with Crippen LogP contribution in [0.3, 0.4) is 0 Å². The van der Waals surface area contributed by atoms with Crippen molar-refractivity contribution in [1.82, 2.24) is 79.8 Å². The summed E-state index contributed by atoms with van der Waals surface area (Å²) >= 11 is 0. The molecule has 0 aliphatic carbocycles. The lowest BCUT2D eigenvalue weighted by molar-refractivity contribution is -0.142. The molecule has 0 bridgehead atoms. The Morgan fingerprint density at radius 2 is 0.580 bits per heavy atom. The molecule has 0 heterocycles. The fourth-order valence-electron chi connectivity index (χ4n) is 12.7. The van der Waals surface area contributed by atoms with E-state index >= 15 is 4.79 Å². The van der Waals surface area contributed by atoms with Crippen molar-refractivity contribution in [2.45, 2.75) is 244 Å². The van der Waals surface area contributed by atoms with E-state index in [0.29, 0.717) is 29.5 Å². The van der Waals surface area contributed by atoms with E-state index in [-0.39, 0.29) is 169 Å². The molecule has 11 amide bonds. The first-order valence-electron chi connectivity index (χ1n) is 40.7. The Bertz CT molecular complexity index is 3800. The lowest BCUT2D eigenvalue weighted by atomic mass is 9.95. The predicted molar refractivity (Wildman–Crippen MR) is 453 cm³/mol. The highest BCUT2D eigenvalue weighted by Crippen LogP contribution is 2.19. The normalized spacial score (nSPS) is 14.4. The lowest BCUT2D eigenvalue weighted by Crippen LogP contribution is -2.62. The van der Waals surface area contributed by atoms with Gasteiger partial charge in [-0.15, -0.1) is 0 Å². The summed E-state index contributed by atoms with van der Waals surface area (Å²) in [7, 11) is 0. The Balaban J connectivity index is 2.04. The van der Waals surface area contributed by atoms with Crippen molar-refractivity contribution in [2.75, 3.05) is 26.2 Å². The van der Waals surface area contributed by atoms with Crippen molar-refractivity contribution >= 4 is 94.8 Å². The van der Waals surface area contributed by atoms with Crippen LogP contribution in [0.5, 0.6) is 5.75 Å². The van der Waals surface area contributed by atoms with Crippen LogP contribution in [0.15, 0.2) is 84.9 Å². The Morgan fingerprint density at radius 3 is 0.891 bits per heavy atom. The third kappa shape index (κ3) is 40.7. The van der Waals surface area contributed by atoms with E-state index in [9.17, 15) is 63.0 Å². The molecule has 3 aromatic rings. The number of aromatic hydroxyl groups is 1. The smallest absolute Gasteiger partial charge is 0.326 e. The molecule has 13 atom stereocenters. The second kappa shape index (κ2) is 53.5. The molecule has 0 spiro atoms. The van der Waals surface area contributed by atoms with Crippen LogP contribution in [0.25, 0.3) is 0 Å². The molecule has 660 valence electrons. The van der Waals surface area contributed by atoms with Crippen LogP contribution in [-0.2, 0) is 76.8 Å². The van der Waals surface area contributed by atoms with Gasteiger partial charge in [-0.25, -0.2) is 4.79 Å². The van der Waals surface area contributed by atoms with Crippen LogP contribution in [0, 0.1) is 51.2 Å². The fourth-order valence-corrected chi connectivity index (χ4v) is 12.7. The number of benzene rings is 3. The minimum absolute atomic E-state index is 0.00610. The van der Waals surface area contributed by atoms with Crippen LogP contribution in [0.2, 0.25) is 0 Å². The van der Waals surface area contributed by atoms with Gasteiger partial charge in [0.25, 0.3) is 0 Å². The first-order chi connectivity index (χ1) is 56.2. The molecule has 3 rings (SSSR count). The monoisotopic (exact) mass is 1670 g/mol. The zero-order valence-corrected chi connectivity index (χ0v) is 70.2. The molecular weight excluding hydrogens is 1530 g/mol. The number of aliphatic carboxylic acids is 1. The van der Waals surface area contributed by atoms with Gasteiger partial charge in [0.1, 0.15) is 72.2 Å². The summed E-state index contributed by atoms with van der Waals surface area (Å²) in [6.45, 7) is 18.3. The quantitative estimate of drug-likeness (QED) is 0.0191. The van der Waals surface area contributed by atoms with Gasteiger partial charge in [0, 0.05) is 45.4 Å². The number of carbonyl (C=O) groups is 12. The first kappa shape index (κ1) is 101. The van der Waals surface area contributed by atoms with Crippen LogP contribution >= 0.6 is 0 Å². The maximum absolute atomic E-state index is 15.0. The minimum atomic E-state index is -1.48. The van der Waals surface area contributed by atoms with Crippen molar-refractivity contribution in [3.63, 3.8) is 0 Å². The minimum Gasteiger partial charge on any atom is -0.508 e. The van der Waals surface area contributed by atoms with Crippen LogP contribution in [0.1, 0.15) is 169 Å². The van der Waals surface area contributed by atoms with Gasteiger partial charge in [-0.05, 0) is 135 Å². The summed E-state index contributed by atoms with van der Waals surface area (Å²) in [5.74, 6) is -13.5. The highest BCUT2D eigenvalue weighted by Gasteiger charge is 2.39. The van der Waals surface area contributed by atoms with E-state index < -0.39 is 149 Å². The van der Waals surface area contributed by atoms with E-state index in [1.54, 1.807) is 130 Å². The maximum Gasteiger partial charge on any atom is 0.326 e. The summed E-state index contributed by atoms with van der Waals surface area (Å²) in [6, 6.07) is 6.66. The highest BCUT2D eigenvalue weighted by molar-refractivity contribution is 6.00. The van der Waals surface area contributed by atoms with E-state index in [0.717, 1.165) is 0 Å². The van der Waals surface area contributed by atoms with Crippen LogP contribution in [-0.4, -0.2) is 204 Å². The first-order valence-corrected chi connectivity index (χ1v) is 40.7. The van der Waals surface area contributed by atoms with Crippen molar-refractivity contribution in [1.29, 1.82) is 21.6 Å². The highest BCUT2D eigenvalue weighted by atomic mass is 16.4. The van der Waals surface area contributed by atoms with Crippen molar-refractivity contribution in [3.05, 3.63) is 102 Å². The van der Waals surface area contributed by atoms with Gasteiger partial charge < -0.3 is 119 Å². The topological polar surface area (TPSA) is 651 Å². The molecule has 38 heteroatoms. The lowest BCUT2D eigenvalue weighted by Gasteiger charge is -2.31. The van der Waals surface area contributed by atoms with Gasteiger partial charge in [-0.1, -0.05) is 148 Å². The van der Waals surface area contributed by atoms with Gasteiger partial charge >= 0.3 is 5.97 Å². The summed E-state index contributed by atoms with van der Waals surface area (Å²) in [6.07, 6.45) is 0.598. The predicted octanol–water partition coefficient (Wildman–Crippen LogP) is -0.552. The molecular formula is C81H132N24O14. The number of hydrogen-bond acceptors (Lipinski definition) is 18. The third-order valence-corrected chi connectivity index (χ3v) is 19.2. The summed E-state index contributed by atoms with van der Waals surface area (Å²) in [4.78, 5) is 174. The molecule has 38 nitrogen and oxygen atoms in total. The number of hydrogen-bond donors (Lipinski definition) is 26. The van der Waals surface area contributed by atoms with Gasteiger partial charge in [0.15, 0.2) is 23.8 Å². The van der Waals surface area contributed by atoms with Gasteiger partial charge in [-0.3, -0.25) is 74.4 Å². The Hall–Kier alpha value is -11.9. The fraction of sp³-hybridized carbons (Fsp3) is 0.580. The molecule has 0 aliphatic rings. The van der Waals surface area contributed by atoms with Crippen LogP contribution < -0.4 is 108 Å². The second-order valence-electron chi connectivity index (χ2n) is 31.6. The number of carboxylic acids is 1. The number of nitrogens with two attached hydrogens (primary N) is 5. The summed E-state index contributed by atoms with van der Waals surface area (Å²) < 4.78 is 0. The van der Waals surface area contributed by atoms with E-state index in [2.05, 4.69) is 79.8 Å². The SMILES string of the molecule is CC[C@H](C)[C@H](NC(=O)[C@H](CC(C)C)NC(=O)[C@H](CCCNC(=N)N)NC(=O)[C@H](Cc1ccccc1)NC(=O)[C@H](CC(C)C)NC(=O)[C@H](CCCNC(=N)N)NC(=O)[C@@H](N)CCCNC(=N)N)C(=O)N[C@@H](CC(C)C)C(=O)N[C@@H](CCCNC(=N)N)C(=O)N[C@@H](Cc1ccc(O)cc1)C(=O)N[C@@H](CC(C)C)C(=O)N[C@@H](Cc1ccccc1)C(=O)O. The molecule has 0 aromatic heterocycles. The standard InChI is InChI=1S/C81H132N24O14/c1-11-49(10)65(76(117)103-60(40-47(6)7)70(111)96-57(29-21-37-94-81(89)90)69(110)101-63(43-52-30-32-53(106)33-31-52)74(115)100-59(39-46(4)5)72(113)104-64(77(118)119)44-51-24-16-13-17-25-51)105-75(116)61(41-48(8)9)99-68(109)56(28-20-36-93-80(87)88)97-73(114)62(42-50-22-14-12-15-23-50)102-71(112)58(38-45(2)3)98-67(108)55(27-19-35-92-79(85)86)95-66(107)54(82)26-18-34-91-78(83)84/h12-17,22-25,30-33,45-49,54-65,106H,11,18-21,26-29,34-44,82H2,1-10H3,(H,95,107)(H,96,111)(H,97,114)(H,98,108)(H,99,109)(H,100,115)(H,101,110)(H,102,112)(H,103,117)(H,104,113)(H,105,116)(H,118,119)(H4,83,84,91)(H4,85,86,92)(H4,87,88,93)(H4,89,90,94)/t49-,54-,55-,56-,57-,58-,59-,60-,61-,62-,63-,64-,65-/m0/s1. The molecule has 0 radical (unpaired) electrons. The Kier molecular flexibility index (Phi) is 45.5.